The summed E-state index contributed by atoms with van der Waals surface area (Å²) in [5.74, 6) is 15.6. The number of benzene rings is 5. The van der Waals surface area contributed by atoms with Crippen LogP contribution in [0.25, 0.3) is 18.2 Å². The number of hydrogen-bond donors (Lipinski definition) is 0. The molecular formula is C141H247N3O2. The van der Waals surface area contributed by atoms with Crippen LogP contribution in [-0.2, 0) is 28.7 Å². The van der Waals surface area contributed by atoms with Crippen molar-refractivity contribution in [3.8, 4) is 0 Å². The summed E-state index contributed by atoms with van der Waals surface area (Å²) in [6.45, 7) is 85.0. The molecule has 146 heavy (non-hydrogen) atoms. The molecule has 5 aromatic carbocycles. The highest BCUT2D eigenvalue weighted by Gasteiger charge is 2.25. The Balaban J connectivity index is -0.00000153. The topological polar surface area (TPSA) is 28.2 Å². The molecule has 0 unspecified atom stereocenters. The van der Waals surface area contributed by atoms with Crippen molar-refractivity contribution in [1.82, 2.24) is 14.7 Å². The lowest BCUT2D eigenvalue weighted by Gasteiger charge is -2.29. The van der Waals surface area contributed by atoms with Gasteiger partial charge in [-0.2, -0.15) is 0 Å². The second-order valence-electron chi connectivity index (χ2n) is 50.0. The van der Waals surface area contributed by atoms with E-state index in [1.165, 1.54) is 226 Å². The Morgan fingerprint density at radius 3 is 1.23 bits per heavy atom. The molecule has 0 atom stereocenters. The SMILES string of the molecule is CC(C)/C=C/C1CC1.CC(C)/C=C/CC(C)C.CC(C)/C=C/CCc1ccccc1.CC(C)/C=C/Cc1ccccc1.CC(C)/C=C/c1ccccc1.CC(C)C(C)(C)C.CC(C)C1=Cc2ccccc2C1.CC(C)C1CCCCC1.CC(C)CCC1CC1.CC(C)CCCC1CC1.CC(C)N(C)CC1CC1.CC(C)N(C)CCC1CC1.CC(C)N1CCCCC1.COC.Cc1ccc(/C=C/C(C)C)cc1.[2H]C([2H])([2H])OC(C)C. The number of hydrogen-bond acceptors (Lipinski definition) is 5. The van der Waals surface area contributed by atoms with Crippen molar-refractivity contribution in [3.05, 3.63) is 245 Å². The Labute approximate surface area is 918 Å². The number of aryl methyl sites for hydroxylation is 2. The van der Waals surface area contributed by atoms with Crippen molar-refractivity contribution in [1.29, 1.82) is 0 Å². The monoisotopic (exact) mass is 2020 g/mol. The maximum Gasteiger partial charge on any atom is 0.0530 e. The van der Waals surface area contributed by atoms with Gasteiger partial charge in [0.05, 0.1) is 10.2 Å². The average Bonchev–Trinajstić information content (AvgIpc) is 1.69. The van der Waals surface area contributed by atoms with Crippen LogP contribution in [0.3, 0.4) is 0 Å². The Hall–Kier alpha value is -5.92. The quantitative estimate of drug-likeness (QED) is 0.0383. The molecule has 5 heteroatoms. The van der Waals surface area contributed by atoms with Crippen molar-refractivity contribution < 1.29 is 13.6 Å². The van der Waals surface area contributed by atoms with Gasteiger partial charge in [-0.05, 0) is 318 Å². The molecule has 0 amide bonds. The molecule has 7 aliphatic carbocycles. The van der Waals surface area contributed by atoms with Crippen molar-refractivity contribution in [2.45, 2.75) is 460 Å². The maximum absolute atomic E-state index is 6.57. The number of piperidine rings is 1. The third-order valence-corrected chi connectivity index (χ3v) is 27.2. The summed E-state index contributed by atoms with van der Waals surface area (Å²) in [5, 5.41) is 0. The van der Waals surface area contributed by atoms with Crippen LogP contribution in [0.2, 0.25) is 0 Å². The normalized spacial score (nSPS) is 15.9. The minimum atomic E-state index is -2.23. The van der Waals surface area contributed by atoms with Gasteiger partial charge in [0.15, 0.2) is 0 Å². The highest BCUT2D eigenvalue weighted by molar-refractivity contribution is 5.64. The first-order valence-corrected chi connectivity index (χ1v) is 59.8. The molecule has 0 N–H and O–H groups in total. The summed E-state index contributed by atoms with van der Waals surface area (Å²) >= 11 is 0. The van der Waals surface area contributed by atoms with E-state index in [1.807, 2.05) is 6.07 Å². The van der Waals surface area contributed by atoms with E-state index in [1.54, 1.807) is 33.6 Å². The number of fused-ring (bicyclic) bond motifs is 1. The number of allylic oxidation sites excluding steroid dienone is 11. The minimum absolute atomic E-state index is 0.220. The van der Waals surface area contributed by atoms with Crippen LogP contribution in [0, 0.1) is 119 Å². The first-order chi connectivity index (χ1) is 70.1. The highest BCUT2D eigenvalue weighted by atomic mass is 16.5. The van der Waals surface area contributed by atoms with Crippen LogP contribution < -0.4 is 0 Å². The Bertz CT molecular complexity index is 3950. The Morgan fingerprint density at radius 2 is 0.849 bits per heavy atom. The molecule has 8 aliphatic rings. The van der Waals surface area contributed by atoms with Crippen LogP contribution in [0.15, 0.2) is 206 Å². The molecule has 13 rings (SSSR count). The second-order valence-corrected chi connectivity index (χ2v) is 50.0. The van der Waals surface area contributed by atoms with Gasteiger partial charge in [-0.15, -0.1) is 0 Å². The third-order valence-electron chi connectivity index (χ3n) is 27.2. The predicted molar refractivity (Wildman–Crippen MR) is 666 cm³/mol. The summed E-state index contributed by atoms with van der Waals surface area (Å²) in [6.07, 6.45) is 70.2. The van der Waals surface area contributed by atoms with E-state index in [-0.39, 0.29) is 6.10 Å². The molecule has 0 spiro atoms. The summed E-state index contributed by atoms with van der Waals surface area (Å²) in [7, 11) is 5.45. The maximum atomic E-state index is 6.57. The van der Waals surface area contributed by atoms with Gasteiger partial charge in [0.1, 0.15) is 0 Å². The summed E-state index contributed by atoms with van der Waals surface area (Å²) < 4.78 is 28.4. The Kier molecular flexibility index (Phi) is 86.7. The van der Waals surface area contributed by atoms with E-state index in [2.05, 4.69) is 486 Å². The predicted octanol–water partition coefficient (Wildman–Crippen LogP) is 42.4. The molecule has 5 aromatic rings. The van der Waals surface area contributed by atoms with E-state index in [0.717, 1.165) is 115 Å². The van der Waals surface area contributed by atoms with E-state index in [0.29, 0.717) is 40.9 Å². The smallest absolute Gasteiger partial charge is 0.0530 e. The molecule has 1 aliphatic heterocycles. The lowest BCUT2D eigenvalue weighted by molar-refractivity contribution is 0.134. The van der Waals surface area contributed by atoms with Gasteiger partial charge in [-0.1, -0.05) is 526 Å². The minimum Gasteiger partial charge on any atom is -0.388 e. The zero-order valence-corrected chi connectivity index (χ0v) is 104. The lowest BCUT2D eigenvalue weighted by atomic mass is 9.82. The summed E-state index contributed by atoms with van der Waals surface area (Å²) in [5.41, 5.74) is 11.7. The van der Waals surface area contributed by atoms with E-state index in [9.17, 15) is 0 Å². The van der Waals surface area contributed by atoms with Crippen molar-refractivity contribution in [2.24, 2.45) is 112 Å². The highest BCUT2D eigenvalue weighted by Crippen LogP contribution is 2.37. The van der Waals surface area contributed by atoms with Crippen molar-refractivity contribution in [3.63, 3.8) is 0 Å². The number of nitrogens with zero attached hydrogens (tertiary/aromatic N) is 3. The Morgan fingerprint density at radius 1 is 0.425 bits per heavy atom. The average molecular weight is 2020 g/mol. The van der Waals surface area contributed by atoms with Crippen LogP contribution in [0.1, 0.15) is 452 Å². The molecule has 5 nitrogen and oxygen atoms in total. The van der Waals surface area contributed by atoms with Crippen LogP contribution >= 0.6 is 0 Å². The molecule has 0 aromatic heterocycles. The molecule has 6 saturated carbocycles. The standard InChI is InChI=1S/C13H18.C12H14.2C12H16.C11H14.C9H19N.3C9H18.2C8H17N.C8H16.C8H14.C7H16.C4H10O.C2H6O/c1-12(2)8-6-7-11-13-9-4-3-5-10-13;1-9(2)12-7-10-5-3-4-6-11(10)8-12;1-10(2)4-7-12-8-5-11(3)6-9-12;1-11(2)7-6-10-12-8-4-3-5-9-12;1-10(2)8-9-11-6-4-3-5-7-11;1-8(2)10(3)7-6-9-4-5-9;1-8(2)4-3-5-9-6-7-9;1-8(2)9-6-4-3-5-7-9;1-8(2)6-5-7-9(3)4;1-7(2)9(3)6-8-4-5-8;1-8(2)9-6-4-3-5-7-9;2*1-7(2)3-4-8-5-6-8;1-6(2)7(3,4)5;1-4(2)5-3;1-3-2/h3-6,8-10,12H,7,11H2,1-2H3;3-7,9H,8H2,1-2H3;4-10H,1-3H3;3-9,11H,10H2,1-2H3;3-10H,1-2H3;8-9H,4-7H2,1-3H3;2*8-9H,3-7H2,1-2H3;5-6,8-9H,7H2,1-4H3;7-8H,4-6H2,1-3H3;8H,3-7H2,1-2H3;7-8H,3-6H2,1-2H3;3-4,7-8H,5-6H2,1-2H3;6H,1-5H3;4H,1-3H3;1-2H3/b8-6+;;7-4+;7-6+;9-8+;;;;6-5+;;;;4-3+;;;/i;;;;;;;;;;;;;;3D3;. The zero-order valence-electron chi connectivity index (χ0n) is 107. The summed E-state index contributed by atoms with van der Waals surface area (Å²) in [4.78, 5) is 7.42. The zero-order chi connectivity index (χ0) is 113. The molecule has 7 fully saturated rings. The fourth-order valence-corrected chi connectivity index (χ4v) is 14.6. The summed E-state index contributed by atoms with van der Waals surface area (Å²) in [6, 6.07) is 51.0. The third kappa shape index (κ3) is 101. The molecule has 1 heterocycles. The first-order valence-electron chi connectivity index (χ1n) is 61.3. The van der Waals surface area contributed by atoms with E-state index >= 15 is 0 Å². The molecular weight excluding hydrogens is 1770 g/mol. The van der Waals surface area contributed by atoms with Gasteiger partial charge in [-0.25, -0.2) is 0 Å². The fourth-order valence-electron chi connectivity index (χ4n) is 14.6. The van der Waals surface area contributed by atoms with E-state index in [4.69, 9.17) is 4.11 Å². The number of rotatable bonds is 34. The van der Waals surface area contributed by atoms with Gasteiger partial charge >= 0.3 is 0 Å². The number of methoxy groups -OCH3 is 2. The van der Waals surface area contributed by atoms with Crippen molar-refractivity contribution in [2.75, 3.05) is 61.5 Å². The van der Waals surface area contributed by atoms with Gasteiger partial charge in [0.2, 0.25) is 0 Å². The molecule has 1 saturated heterocycles. The van der Waals surface area contributed by atoms with Crippen molar-refractivity contribution >= 4 is 18.2 Å². The molecule has 0 radical (unpaired) electrons. The first kappa shape index (κ1) is 138. The van der Waals surface area contributed by atoms with Gasteiger partial charge < -0.3 is 24.2 Å². The van der Waals surface area contributed by atoms with Gasteiger partial charge in [0.25, 0.3) is 0 Å². The van der Waals surface area contributed by atoms with E-state index < -0.39 is 7.04 Å². The molecule has 0 bridgehead atoms. The van der Waals surface area contributed by atoms with Crippen LogP contribution in [-0.4, -0.2) is 100 Å². The number of likely N-dealkylation sites (tertiary alicyclic amines) is 1. The van der Waals surface area contributed by atoms with Crippen LogP contribution in [0.4, 0.5) is 0 Å². The lowest BCUT2D eigenvalue weighted by Crippen LogP contribution is -2.35. The van der Waals surface area contributed by atoms with Crippen LogP contribution in [0.5, 0.6) is 0 Å². The fraction of sp³-hybridized carbons (Fsp3) is 0.688. The second kappa shape index (κ2) is 91.7. The number of ether oxygens (including phenoxy) is 2. The van der Waals surface area contributed by atoms with Gasteiger partial charge in [0, 0.05) is 45.9 Å². The molecule has 838 valence electrons. The largest absolute Gasteiger partial charge is 0.388 e. The van der Waals surface area contributed by atoms with Gasteiger partial charge in [-0.3, -0.25) is 0 Å².